The van der Waals surface area contributed by atoms with Crippen LogP contribution in [0.2, 0.25) is 0 Å². The number of rotatable bonds is 1. The summed E-state index contributed by atoms with van der Waals surface area (Å²) in [5, 5.41) is 2.94. The van der Waals surface area contributed by atoms with E-state index in [-0.39, 0.29) is 24.0 Å². The largest absolute Gasteiger partial charge is 0.310 e. The molecule has 0 bridgehead atoms. The summed E-state index contributed by atoms with van der Waals surface area (Å²) in [6.07, 6.45) is 1.51. The lowest BCUT2D eigenvalue weighted by Crippen LogP contribution is -2.16. The van der Waals surface area contributed by atoms with Crippen molar-refractivity contribution in [1.29, 1.82) is 0 Å². The predicted molar refractivity (Wildman–Crippen MR) is 53.5 cm³/mol. The van der Waals surface area contributed by atoms with Crippen LogP contribution < -0.4 is 5.32 Å². The molecule has 1 heterocycles. The lowest BCUT2D eigenvalue weighted by Gasteiger charge is -2.12. The van der Waals surface area contributed by atoms with Crippen LogP contribution in [0.5, 0.6) is 0 Å². The van der Waals surface area contributed by atoms with Gasteiger partial charge in [0.15, 0.2) is 11.6 Å². The van der Waals surface area contributed by atoms with Gasteiger partial charge in [-0.05, 0) is 31.5 Å². The first kappa shape index (κ1) is 12.3. The van der Waals surface area contributed by atoms with Crippen LogP contribution in [-0.2, 0) is 0 Å². The summed E-state index contributed by atoms with van der Waals surface area (Å²) in [4.78, 5) is 0. The molecule has 84 valence electrons. The molecule has 1 aromatic carbocycles. The Kier molecular flexibility index (Phi) is 3.99. The van der Waals surface area contributed by atoms with Crippen molar-refractivity contribution in [2.45, 2.75) is 18.9 Å². The number of hydrogen-bond acceptors (Lipinski definition) is 1. The van der Waals surface area contributed by atoms with Gasteiger partial charge in [-0.1, -0.05) is 0 Å². The van der Waals surface area contributed by atoms with Gasteiger partial charge in [0, 0.05) is 11.6 Å². The Hall–Kier alpha value is -0.740. The maximum Gasteiger partial charge on any atom is 0.166 e. The van der Waals surface area contributed by atoms with E-state index in [1.165, 1.54) is 0 Å². The Bertz CT molecular complexity index is 351. The maximum atomic E-state index is 13.3. The average Bonchev–Trinajstić information content (AvgIpc) is 2.65. The molecule has 1 atom stereocenters. The van der Waals surface area contributed by atoms with Crippen LogP contribution in [0.25, 0.3) is 0 Å². The van der Waals surface area contributed by atoms with Gasteiger partial charge in [0.25, 0.3) is 0 Å². The molecule has 1 saturated heterocycles. The summed E-state index contributed by atoms with van der Waals surface area (Å²) >= 11 is 0. The van der Waals surface area contributed by atoms with E-state index < -0.39 is 17.5 Å². The molecule has 0 aliphatic carbocycles. The molecule has 15 heavy (non-hydrogen) atoms. The van der Waals surface area contributed by atoms with E-state index in [4.69, 9.17) is 0 Å². The fraction of sp³-hybridized carbons (Fsp3) is 0.400. The third-order valence-corrected chi connectivity index (χ3v) is 2.49. The topological polar surface area (TPSA) is 12.0 Å². The van der Waals surface area contributed by atoms with Crippen molar-refractivity contribution in [3.63, 3.8) is 0 Å². The van der Waals surface area contributed by atoms with Crippen molar-refractivity contribution in [1.82, 2.24) is 5.32 Å². The SMILES string of the molecule is Cl.Fc1ccc(F)c([C@@H]2CCCN2)c1F. The number of halogens is 4. The fourth-order valence-corrected chi connectivity index (χ4v) is 1.79. The highest BCUT2D eigenvalue weighted by Gasteiger charge is 2.24. The summed E-state index contributed by atoms with van der Waals surface area (Å²) in [6, 6.07) is 1.39. The molecule has 1 aliphatic heterocycles. The summed E-state index contributed by atoms with van der Waals surface area (Å²) in [5.74, 6) is -2.73. The van der Waals surface area contributed by atoms with Crippen molar-refractivity contribution in [2.75, 3.05) is 6.54 Å². The second kappa shape index (κ2) is 4.86. The molecule has 1 aliphatic rings. The quantitative estimate of drug-likeness (QED) is 0.741. The third kappa shape index (κ3) is 2.26. The predicted octanol–water partition coefficient (Wildman–Crippen LogP) is 2.95. The Morgan fingerprint density at radius 2 is 1.80 bits per heavy atom. The minimum Gasteiger partial charge on any atom is -0.310 e. The molecular formula is C10H11ClF3N. The van der Waals surface area contributed by atoms with Crippen LogP contribution in [0.4, 0.5) is 13.2 Å². The second-order valence-corrected chi connectivity index (χ2v) is 3.41. The van der Waals surface area contributed by atoms with Crippen LogP contribution >= 0.6 is 12.4 Å². The smallest absolute Gasteiger partial charge is 0.166 e. The van der Waals surface area contributed by atoms with Crippen molar-refractivity contribution < 1.29 is 13.2 Å². The molecular weight excluding hydrogens is 227 g/mol. The summed E-state index contributed by atoms with van der Waals surface area (Å²) < 4.78 is 39.3. The van der Waals surface area contributed by atoms with Gasteiger partial charge in [-0.3, -0.25) is 0 Å². The van der Waals surface area contributed by atoms with Gasteiger partial charge in [0.1, 0.15) is 5.82 Å². The second-order valence-electron chi connectivity index (χ2n) is 3.41. The maximum absolute atomic E-state index is 13.3. The van der Waals surface area contributed by atoms with Crippen LogP contribution in [0.3, 0.4) is 0 Å². The van der Waals surface area contributed by atoms with Gasteiger partial charge in [-0.25, -0.2) is 13.2 Å². The van der Waals surface area contributed by atoms with Gasteiger partial charge < -0.3 is 5.32 Å². The molecule has 0 saturated carbocycles. The van der Waals surface area contributed by atoms with Crippen LogP contribution in [-0.4, -0.2) is 6.54 Å². The fourth-order valence-electron chi connectivity index (χ4n) is 1.79. The van der Waals surface area contributed by atoms with Crippen molar-refractivity contribution in [3.8, 4) is 0 Å². The van der Waals surface area contributed by atoms with Crippen molar-refractivity contribution in [3.05, 3.63) is 35.1 Å². The van der Waals surface area contributed by atoms with Crippen molar-refractivity contribution in [2.24, 2.45) is 0 Å². The summed E-state index contributed by atoms with van der Waals surface area (Å²) in [7, 11) is 0. The zero-order valence-electron chi connectivity index (χ0n) is 7.90. The number of hydrogen-bond donors (Lipinski definition) is 1. The van der Waals surface area contributed by atoms with Gasteiger partial charge in [0.2, 0.25) is 0 Å². The van der Waals surface area contributed by atoms with E-state index >= 15 is 0 Å². The standard InChI is InChI=1S/C10H10F3N.ClH/c11-6-3-4-7(12)10(13)9(6)8-2-1-5-14-8;/h3-4,8,14H,1-2,5H2;1H/t8-;/m0./s1. The van der Waals surface area contributed by atoms with E-state index in [2.05, 4.69) is 5.32 Å². The van der Waals surface area contributed by atoms with Crippen LogP contribution in [0.15, 0.2) is 12.1 Å². The Balaban J connectivity index is 0.00000112. The first-order chi connectivity index (χ1) is 6.70. The van der Waals surface area contributed by atoms with E-state index in [0.717, 1.165) is 25.1 Å². The lowest BCUT2D eigenvalue weighted by atomic mass is 10.0. The first-order valence-electron chi connectivity index (χ1n) is 4.57. The molecule has 1 fully saturated rings. The van der Waals surface area contributed by atoms with E-state index in [1.54, 1.807) is 0 Å². The number of benzene rings is 1. The Morgan fingerprint density at radius 3 is 2.40 bits per heavy atom. The minimum atomic E-state index is -1.07. The van der Waals surface area contributed by atoms with Gasteiger partial charge in [-0.15, -0.1) is 12.4 Å². The average molecular weight is 238 g/mol. The molecule has 0 spiro atoms. The summed E-state index contributed by atoms with van der Waals surface area (Å²) in [6.45, 7) is 0.722. The highest BCUT2D eigenvalue weighted by atomic mass is 35.5. The monoisotopic (exact) mass is 237 g/mol. The highest BCUT2D eigenvalue weighted by Crippen LogP contribution is 2.28. The third-order valence-electron chi connectivity index (χ3n) is 2.49. The molecule has 0 radical (unpaired) electrons. The normalized spacial score (nSPS) is 20.1. The highest BCUT2D eigenvalue weighted by molar-refractivity contribution is 5.85. The van der Waals surface area contributed by atoms with Gasteiger partial charge in [-0.2, -0.15) is 0 Å². The summed E-state index contributed by atoms with van der Waals surface area (Å²) in [5.41, 5.74) is -0.164. The minimum absolute atomic E-state index is 0. The Labute approximate surface area is 92.1 Å². The molecule has 2 rings (SSSR count). The zero-order chi connectivity index (χ0) is 10.1. The van der Waals surface area contributed by atoms with Gasteiger partial charge in [0.05, 0.1) is 0 Å². The van der Waals surface area contributed by atoms with E-state index in [0.29, 0.717) is 6.42 Å². The molecule has 0 amide bonds. The molecule has 5 heteroatoms. The van der Waals surface area contributed by atoms with E-state index in [9.17, 15) is 13.2 Å². The Morgan fingerprint density at radius 1 is 1.13 bits per heavy atom. The van der Waals surface area contributed by atoms with Gasteiger partial charge >= 0.3 is 0 Å². The molecule has 0 aromatic heterocycles. The van der Waals surface area contributed by atoms with Crippen LogP contribution in [0.1, 0.15) is 24.4 Å². The lowest BCUT2D eigenvalue weighted by molar-refractivity contribution is 0.455. The number of nitrogens with one attached hydrogen (secondary N) is 1. The molecule has 1 N–H and O–H groups in total. The molecule has 1 aromatic rings. The zero-order valence-corrected chi connectivity index (χ0v) is 8.71. The molecule has 1 nitrogen and oxygen atoms in total. The van der Waals surface area contributed by atoms with E-state index in [1.807, 2.05) is 0 Å². The van der Waals surface area contributed by atoms with Crippen LogP contribution in [0, 0.1) is 17.5 Å². The first-order valence-corrected chi connectivity index (χ1v) is 4.57. The molecule has 0 unspecified atom stereocenters. The van der Waals surface area contributed by atoms with Crippen molar-refractivity contribution >= 4 is 12.4 Å².